The zero-order valence-corrected chi connectivity index (χ0v) is 20.6. The lowest BCUT2D eigenvalue weighted by Crippen LogP contribution is -2.51. The third-order valence-corrected chi connectivity index (χ3v) is 6.04. The maximum atomic E-state index is 4.92. The minimum atomic E-state index is 0. The molecule has 0 unspecified atom stereocenters. The number of hydrogen-bond donors (Lipinski definition) is 2. The van der Waals surface area contributed by atoms with Gasteiger partial charge in [0, 0.05) is 38.1 Å². The maximum absolute atomic E-state index is 4.92. The Balaban J connectivity index is 0.00000300. The number of piperidine rings is 1. The second-order valence-electron chi connectivity index (χ2n) is 8.26. The normalized spacial score (nSPS) is 19.7. The topological polar surface area (TPSA) is 70.4 Å². The predicted molar refractivity (Wildman–Crippen MR) is 130 cm³/mol. The van der Waals surface area contributed by atoms with Crippen LogP contribution in [0.1, 0.15) is 71.0 Å². The molecule has 2 heterocycles. The fourth-order valence-corrected chi connectivity index (χ4v) is 4.39. The van der Waals surface area contributed by atoms with Crippen LogP contribution in [0.3, 0.4) is 0 Å². The molecule has 0 amide bonds. The highest BCUT2D eigenvalue weighted by Gasteiger charge is 2.21. The molecule has 1 aromatic heterocycles. The zero-order chi connectivity index (χ0) is 19.6. The molecule has 1 aromatic rings. The van der Waals surface area contributed by atoms with Gasteiger partial charge in [-0.15, -0.1) is 34.2 Å². The van der Waals surface area contributed by atoms with E-state index in [0.717, 1.165) is 31.3 Å². The molecule has 2 N–H and O–H groups in total. The molecule has 1 aliphatic carbocycles. The largest absolute Gasteiger partial charge is 0.354 e. The molecular formula is C21H40IN7. The summed E-state index contributed by atoms with van der Waals surface area (Å²) in [5.74, 6) is 2.04. The Morgan fingerprint density at radius 3 is 2.38 bits per heavy atom. The Bertz CT molecular complexity index is 590. The standard InChI is InChI=1S/C21H39N7.HI/c1-3-13-27-14-10-19(11-15-27)25-21(24-18-8-6-5-7-9-18)22-12-16-28-17-23-26-20(28)4-2;/h17-19H,3-16H2,1-2H3,(H2,22,24,25);1H. The van der Waals surface area contributed by atoms with Gasteiger partial charge in [-0.05, 0) is 38.6 Å². The van der Waals surface area contributed by atoms with Gasteiger partial charge in [0.2, 0.25) is 0 Å². The molecule has 0 atom stereocenters. The predicted octanol–water partition coefficient (Wildman–Crippen LogP) is 3.20. The van der Waals surface area contributed by atoms with Crippen LogP contribution in [0.5, 0.6) is 0 Å². The van der Waals surface area contributed by atoms with E-state index < -0.39 is 0 Å². The Morgan fingerprint density at radius 1 is 1.03 bits per heavy atom. The van der Waals surface area contributed by atoms with Crippen molar-refractivity contribution in [2.24, 2.45) is 4.99 Å². The summed E-state index contributed by atoms with van der Waals surface area (Å²) in [6, 6.07) is 1.10. The summed E-state index contributed by atoms with van der Waals surface area (Å²) < 4.78 is 2.12. The quantitative estimate of drug-likeness (QED) is 0.315. The summed E-state index contributed by atoms with van der Waals surface area (Å²) in [4.78, 5) is 7.51. The van der Waals surface area contributed by atoms with Crippen LogP contribution in [-0.4, -0.2) is 63.9 Å². The van der Waals surface area contributed by atoms with Crippen molar-refractivity contribution in [3.8, 4) is 0 Å². The van der Waals surface area contributed by atoms with Crippen LogP contribution in [0.4, 0.5) is 0 Å². The number of aromatic nitrogens is 3. The number of aliphatic imine (C=N–C) groups is 1. The number of aryl methyl sites for hydroxylation is 1. The van der Waals surface area contributed by atoms with Crippen molar-refractivity contribution in [3.63, 3.8) is 0 Å². The van der Waals surface area contributed by atoms with Crippen LogP contribution in [0.2, 0.25) is 0 Å². The first-order chi connectivity index (χ1) is 13.8. The molecule has 8 heteroatoms. The fourth-order valence-electron chi connectivity index (χ4n) is 4.39. The number of nitrogens with zero attached hydrogens (tertiary/aromatic N) is 5. The van der Waals surface area contributed by atoms with E-state index in [9.17, 15) is 0 Å². The smallest absolute Gasteiger partial charge is 0.191 e. The molecular weight excluding hydrogens is 477 g/mol. The van der Waals surface area contributed by atoms with Crippen molar-refractivity contribution in [2.75, 3.05) is 26.2 Å². The summed E-state index contributed by atoms with van der Waals surface area (Å²) in [6.45, 7) is 9.60. The summed E-state index contributed by atoms with van der Waals surface area (Å²) >= 11 is 0. The van der Waals surface area contributed by atoms with Crippen molar-refractivity contribution in [2.45, 2.75) is 90.3 Å². The van der Waals surface area contributed by atoms with E-state index in [1.165, 1.54) is 71.0 Å². The summed E-state index contributed by atoms with van der Waals surface area (Å²) in [5.41, 5.74) is 0. The van der Waals surface area contributed by atoms with Gasteiger partial charge in [0.25, 0.3) is 0 Å². The molecule has 2 aliphatic rings. The van der Waals surface area contributed by atoms with Crippen LogP contribution >= 0.6 is 24.0 Å². The lowest BCUT2D eigenvalue weighted by atomic mass is 9.95. The van der Waals surface area contributed by atoms with E-state index in [1.807, 2.05) is 6.33 Å². The molecule has 29 heavy (non-hydrogen) atoms. The molecule has 0 radical (unpaired) electrons. The van der Waals surface area contributed by atoms with Gasteiger partial charge in [0.1, 0.15) is 12.2 Å². The summed E-state index contributed by atoms with van der Waals surface area (Å²) in [6.07, 6.45) is 13.0. The minimum Gasteiger partial charge on any atom is -0.354 e. The van der Waals surface area contributed by atoms with E-state index in [1.54, 1.807) is 0 Å². The maximum Gasteiger partial charge on any atom is 0.191 e. The van der Waals surface area contributed by atoms with Crippen molar-refractivity contribution < 1.29 is 0 Å². The van der Waals surface area contributed by atoms with Gasteiger partial charge >= 0.3 is 0 Å². The van der Waals surface area contributed by atoms with Crippen LogP contribution in [0.25, 0.3) is 0 Å². The van der Waals surface area contributed by atoms with Gasteiger partial charge in [-0.2, -0.15) is 0 Å². The van der Waals surface area contributed by atoms with Gasteiger partial charge in [-0.1, -0.05) is 33.1 Å². The van der Waals surface area contributed by atoms with E-state index in [2.05, 4.69) is 44.1 Å². The van der Waals surface area contributed by atoms with Crippen LogP contribution in [0.15, 0.2) is 11.3 Å². The van der Waals surface area contributed by atoms with Crippen molar-refractivity contribution in [1.82, 2.24) is 30.3 Å². The number of nitrogens with one attached hydrogen (secondary N) is 2. The Labute approximate surface area is 193 Å². The number of rotatable bonds is 8. The minimum absolute atomic E-state index is 0. The van der Waals surface area contributed by atoms with Crippen LogP contribution in [0, 0.1) is 0 Å². The molecule has 7 nitrogen and oxygen atoms in total. The van der Waals surface area contributed by atoms with Gasteiger partial charge in [-0.25, -0.2) is 0 Å². The molecule has 1 saturated heterocycles. The number of hydrogen-bond acceptors (Lipinski definition) is 4. The van der Waals surface area contributed by atoms with Crippen LogP contribution < -0.4 is 10.6 Å². The molecule has 3 rings (SSSR count). The van der Waals surface area contributed by atoms with Gasteiger partial charge in [-0.3, -0.25) is 4.99 Å². The zero-order valence-electron chi connectivity index (χ0n) is 18.3. The fraction of sp³-hybridized carbons (Fsp3) is 0.857. The van der Waals surface area contributed by atoms with Crippen molar-refractivity contribution in [3.05, 3.63) is 12.2 Å². The van der Waals surface area contributed by atoms with Gasteiger partial charge in [0.05, 0.1) is 6.54 Å². The third-order valence-electron chi connectivity index (χ3n) is 6.04. The first kappa shape index (κ1) is 24.4. The van der Waals surface area contributed by atoms with E-state index in [0.29, 0.717) is 12.1 Å². The average Bonchev–Trinajstić information content (AvgIpc) is 3.18. The second-order valence-corrected chi connectivity index (χ2v) is 8.26. The lowest BCUT2D eigenvalue weighted by Gasteiger charge is -2.34. The van der Waals surface area contributed by atoms with E-state index >= 15 is 0 Å². The van der Waals surface area contributed by atoms with Crippen molar-refractivity contribution in [1.29, 1.82) is 0 Å². The molecule has 1 aliphatic heterocycles. The SMILES string of the molecule is CCCN1CCC(NC(=NCCn2cnnc2CC)NC2CCCCC2)CC1.I. The molecule has 166 valence electrons. The number of guanidine groups is 1. The Kier molecular flexibility index (Phi) is 11.3. The average molecular weight is 518 g/mol. The number of likely N-dealkylation sites (tertiary alicyclic amines) is 1. The van der Waals surface area contributed by atoms with E-state index in [-0.39, 0.29) is 24.0 Å². The number of halogens is 1. The first-order valence-corrected chi connectivity index (χ1v) is 11.4. The van der Waals surface area contributed by atoms with E-state index in [4.69, 9.17) is 4.99 Å². The van der Waals surface area contributed by atoms with Crippen LogP contribution in [-0.2, 0) is 13.0 Å². The second kappa shape index (κ2) is 13.4. The van der Waals surface area contributed by atoms with Gasteiger partial charge < -0.3 is 20.1 Å². The highest BCUT2D eigenvalue weighted by atomic mass is 127. The van der Waals surface area contributed by atoms with Gasteiger partial charge in [0.15, 0.2) is 5.96 Å². The summed E-state index contributed by atoms with van der Waals surface area (Å²) in [5, 5.41) is 15.7. The Hall–Kier alpha value is -0.900. The summed E-state index contributed by atoms with van der Waals surface area (Å²) in [7, 11) is 0. The molecule has 0 bridgehead atoms. The third kappa shape index (κ3) is 8.03. The molecule has 0 aromatic carbocycles. The molecule has 2 fully saturated rings. The first-order valence-electron chi connectivity index (χ1n) is 11.4. The molecule has 1 saturated carbocycles. The van der Waals surface area contributed by atoms with Crippen molar-refractivity contribution >= 4 is 29.9 Å². The lowest BCUT2D eigenvalue weighted by molar-refractivity contribution is 0.206. The molecule has 0 spiro atoms. The Morgan fingerprint density at radius 2 is 1.72 bits per heavy atom. The highest BCUT2D eigenvalue weighted by Crippen LogP contribution is 2.17. The monoisotopic (exact) mass is 517 g/mol. The highest BCUT2D eigenvalue weighted by molar-refractivity contribution is 14.0.